The summed E-state index contributed by atoms with van der Waals surface area (Å²) in [5, 5.41) is 3.11. The zero-order valence-electron chi connectivity index (χ0n) is 17.6. The Morgan fingerprint density at radius 2 is 2.00 bits per heavy atom. The first-order valence-electron chi connectivity index (χ1n) is 11.2. The molecule has 0 bridgehead atoms. The highest BCUT2D eigenvalue weighted by Gasteiger charge is 2.60. The lowest BCUT2D eigenvalue weighted by molar-refractivity contribution is -0.139. The Labute approximate surface area is 164 Å². The van der Waals surface area contributed by atoms with Crippen LogP contribution in [0.5, 0.6) is 0 Å². The zero-order chi connectivity index (χ0) is 19.2. The van der Waals surface area contributed by atoms with E-state index in [4.69, 9.17) is 4.84 Å². The molecular formula is C23H38N2O2. The highest BCUT2D eigenvalue weighted by molar-refractivity contribution is 5.87. The van der Waals surface area contributed by atoms with Crippen LogP contribution in [0, 0.1) is 40.4 Å². The van der Waals surface area contributed by atoms with Gasteiger partial charge in [-0.05, 0) is 80.6 Å². The van der Waals surface area contributed by atoms with Crippen molar-refractivity contribution < 1.29 is 9.63 Å². The Morgan fingerprint density at radius 3 is 2.78 bits per heavy atom. The first kappa shape index (κ1) is 19.4. The summed E-state index contributed by atoms with van der Waals surface area (Å²) >= 11 is 0. The molecule has 0 aliphatic heterocycles. The minimum atomic E-state index is -0.0114. The first-order chi connectivity index (χ1) is 12.9. The molecule has 3 fully saturated rings. The predicted octanol–water partition coefficient (Wildman–Crippen LogP) is 4.08. The molecule has 0 radical (unpaired) electrons. The maximum absolute atomic E-state index is 12.6. The Kier molecular flexibility index (Phi) is 5.17. The summed E-state index contributed by atoms with van der Waals surface area (Å²) in [5.41, 5.74) is 4.87. The number of likely N-dealkylation sites (N-methyl/N-ethyl adjacent to an activating group) is 1. The first-order valence-corrected chi connectivity index (χ1v) is 11.2. The zero-order valence-corrected chi connectivity index (χ0v) is 17.6. The van der Waals surface area contributed by atoms with Crippen molar-refractivity contribution >= 4 is 5.78 Å². The third kappa shape index (κ3) is 3.07. The summed E-state index contributed by atoms with van der Waals surface area (Å²) in [6, 6.07) is 0. The van der Waals surface area contributed by atoms with Gasteiger partial charge in [-0.25, -0.2) is 0 Å². The molecule has 0 heterocycles. The Hall–Kier alpha value is -0.870. The topological polar surface area (TPSA) is 50.4 Å². The van der Waals surface area contributed by atoms with Crippen molar-refractivity contribution in [3.63, 3.8) is 0 Å². The molecule has 0 saturated heterocycles. The summed E-state index contributed by atoms with van der Waals surface area (Å²) < 4.78 is 0. The van der Waals surface area contributed by atoms with Gasteiger partial charge in [-0.2, -0.15) is 0 Å². The van der Waals surface area contributed by atoms with Crippen LogP contribution in [0.1, 0.15) is 65.7 Å². The fraction of sp³-hybridized carbons (Fsp3) is 0.870. The lowest BCUT2D eigenvalue weighted by atomic mass is 9.44. The fourth-order valence-electron chi connectivity index (χ4n) is 7.47. The van der Waals surface area contributed by atoms with Gasteiger partial charge in [0.05, 0.1) is 6.61 Å². The van der Waals surface area contributed by atoms with Crippen molar-refractivity contribution in [1.29, 1.82) is 0 Å². The molecule has 3 saturated carbocycles. The molecule has 0 spiro atoms. The summed E-state index contributed by atoms with van der Waals surface area (Å²) in [5.74, 6) is 4.04. The second-order valence-electron chi connectivity index (χ2n) is 10.3. The minimum absolute atomic E-state index is 0.0114. The molecule has 4 aliphatic carbocycles. The van der Waals surface area contributed by atoms with Crippen LogP contribution in [-0.4, -0.2) is 26.0 Å². The van der Waals surface area contributed by atoms with Gasteiger partial charge in [-0.15, -0.1) is 0 Å². The van der Waals surface area contributed by atoms with Crippen molar-refractivity contribution in [1.82, 2.24) is 10.8 Å². The van der Waals surface area contributed by atoms with Crippen LogP contribution in [0.2, 0.25) is 0 Å². The average Bonchev–Trinajstić information content (AvgIpc) is 2.95. The number of hydroxylamine groups is 1. The molecule has 4 aliphatic rings. The van der Waals surface area contributed by atoms with Crippen molar-refractivity contribution in [2.24, 2.45) is 40.4 Å². The van der Waals surface area contributed by atoms with E-state index in [2.05, 4.69) is 37.6 Å². The third-order valence-corrected chi connectivity index (χ3v) is 8.98. The number of hydrogen-bond donors (Lipinski definition) is 2. The number of nitrogens with one attached hydrogen (secondary N) is 2. The molecule has 7 atom stereocenters. The van der Waals surface area contributed by atoms with Gasteiger partial charge < -0.3 is 5.32 Å². The van der Waals surface area contributed by atoms with E-state index in [0.29, 0.717) is 35.6 Å². The summed E-state index contributed by atoms with van der Waals surface area (Å²) in [7, 11) is 1.95. The minimum Gasteiger partial charge on any atom is -0.317 e. The summed E-state index contributed by atoms with van der Waals surface area (Å²) in [4.78, 5) is 18.2. The number of hydrogen-bond acceptors (Lipinski definition) is 4. The van der Waals surface area contributed by atoms with Crippen molar-refractivity contribution in [3.05, 3.63) is 11.8 Å². The van der Waals surface area contributed by atoms with E-state index in [0.717, 1.165) is 44.1 Å². The Balaban J connectivity index is 1.52. The molecule has 0 amide bonds. The monoisotopic (exact) mass is 374 g/mol. The van der Waals surface area contributed by atoms with Gasteiger partial charge >= 0.3 is 0 Å². The molecule has 2 unspecified atom stereocenters. The van der Waals surface area contributed by atoms with Gasteiger partial charge in [0.1, 0.15) is 5.78 Å². The van der Waals surface area contributed by atoms with Gasteiger partial charge in [-0.3, -0.25) is 15.1 Å². The number of fused-ring (bicyclic) bond motifs is 5. The quantitative estimate of drug-likeness (QED) is 0.562. The van der Waals surface area contributed by atoms with Crippen LogP contribution in [0.15, 0.2) is 11.8 Å². The number of ketones is 1. The van der Waals surface area contributed by atoms with Crippen LogP contribution >= 0.6 is 0 Å². The van der Waals surface area contributed by atoms with E-state index in [1.54, 1.807) is 0 Å². The fourth-order valence-corrected chi connectivity index (χ4v) is 7.47. The molecule has 152 valence electrons. The highest BCUT2D eigenvalue weighted by Crippen LogP contribution is 2.66. The van der Waals surface area contributed by atoms with Crippen molar-refractivity contribution in [2.75, 3.05) is 20.2 Å². The Morgan fingerprint density at radius 1 is 1.19 bits per heavy atom. The van der Waals surface area contributed by atoms with Gasteiger partial charge in [0, 0.05) is 24.1 Å². The third-order valence-electron chi connectivity index (χ3n) is 8.98. The second-order valence-corrected chi connectivity index (χ2v) is 10.3. The van der Waals surface area contributed by atoms with Gasteiger partial charge in [-0.1, -0.05) is 26.8 Å². The normalized spacial score (nSPS) is 46.3. The molecule has 2 N–H and O–H groups in total. The van der Waals surface area contributed by atoms with Crippen LogP contribution in [0.3, 0.4) is 0 Å². The maximum atomic E-state index is 12.6. The average molecular weight is 375 g/mol. The predicted molar refractivity (Wildman–Crippen MR) is 108 cm³/mol. The van der Waals surface area contributed by atoms with Crippen LogP contribution in [-0.2, 0) is 9.63 Å². The second kappa shape index (κ2) is 7.18. The molecule has 0 aromatic rings. The summed E-state index contributed by atoms with van der Waals surface area (Å²) in [6.07, 6.45) is 10.5. The largest absolute Gasteiger partial charge is 0.317 e. The molecule has 4 heteroatoms. The van der Waals surface area contributed by atoms with Crippen LogP contribution in [0.25, 0.3) is 0 Å². The highest BCUT2D eigenvalue weighted by atomic mass is 16.6. The van der Waals surface area contributed by atoms with Crippen LogP contribution < -0.4 is 10.8 Å². The number of Topliss-reactive ketones (excluding diaryl/α,β-unsaturated/α-hetero) is 1. The van der Waals surface area contributed by atoms with Gasteiger partial charge in [0.2, 0.25) is 0 Å². The number of carbonyl (C=O) groups is 1. The molecule has 0 aromatic heterocycles. The van der Waals surface area contributed by atoms with Crippen molar-refractivity contribution in [3.8, 4) is 0 Å². The lowest BCUT2D eigenvalue weighted by Gasteiger charge is -2.60. The lowest BCUT2D eigenvalue weighted by Crippen LogP contribution is -2.54. The van der Waals surface area contributed by atoms with Crippen molar-refractivity contribution in [2.45, 2.75) is 65.7 Å². The maximum Gasteiger partial charge on any atom is 0.139 e. The van der Waals surface area contributed by atoms with E-state index in [9.17, 15) is 4.79 Å². The van der Waals surface area contributed by atoms with Gasteiger partial charge in [0.25, 0.3) is 0 Å². The SMILES string of the molecule is CNCCONC1=CC2C(C)C[C@@H]3[C@@H](CC[C@]4(C)C(=O)CC[C@@H]34)[C@@]2(C)CC1. The number of carbonyl (C=O) groups excluding carboxylic acids is 1. The van der Waals surface area contributed by atoms with E-state index < -0.39 is 0 Å². The smallest absolute Gasteiger partial charge is 0.139 e. The van der Waals surface area contributed by atoms with Gasteiger partial charge in [0.15, 0.2) is 0 Å². The Bertz CT molecular complexity index is 617. The summed E-state index contributed by atoms with van der Waals surface area (Å²) in [6.45, 7) is 8.83. The number of allylic oxidation sites excluding steroid dienone is 2. The number of rotatable bonds is 5. The molecule has 4 rings (SSSR count). The molecule has 27 heavy (non-hydrogen) atoms. The van der Waals surface area contributed by atoms with E-state index in [1.807, 2.05) is 7.05 Å². The van der Waals surface area contributed by atoms with E-state index in [1.165, 1.54) is 25.0 Å². The molecule has 0 aromatic carbocycles. The van der Waals surface area contributed by atoms with E-state index >= 15 is 0 Å². The molecule has 4 nitrogen and oxygen atoms in total. The van der Waals surface area contributed by atoms with E-state index in [-0.39, 0.29) is 5.41 Å². The molecular weight excluding hydrogens is 336 g/mol. The standard InChI is InChI=1S/C23H38N2O2/c1-15-13-17-18-5-6-21(26)23(18,3)10-8-19(17)22(2)9-7-16(14-20(15)22)25-27-12-11-24-4/h14-15,17-20,24-25H,5-13H2,1-4H3/t15?,17-,18-,19+,20?,22+,23-/m0/s1. The van der Waals surface area contributed by atoms with Crippen LogP contribution in [0.4, 0.5) is 0 Å².